The van der Waals surface area contributed by atoms with Gasteiger partial charge in [0, 0.05) is 6.54 Å². The van der Waals surface area contributed by atoms with Gasteiger partial charge in [-0.05, 0) is 24.4 Å². The Hall–Kier alpha value is -1.35. The van der Waals surface area contributed by atoms with Crippen LogP contribution in [0.25, 0.3) is 0 Å². The molecule has 1 aromatic rings. The van der Waals surface area contributed by atoms with Crippen LogP contribution >= 0.6 is 0 Å². The van der Waals surface area contributed by atoms with Crippen LogP contribution in [0, 0.1) is 5.92 Å². The van der Waals surface area contributed by atoms with Crippen LogP contribution in [0.15, 0.2) is 30.3 Å². The highest BCUT2D eigenvalue weighted by atomic mass is 16.2. The van der Waals surface area contributed by atoms with Crippen LogP contribution in [0.4, 0.5) is 0 Å². The summed E-state index contributed by atoms with van der Waals surface area (Å²) < 4.78 is 0. The van der Waals surface area contributed by atoms with E-state index in [4.69, 9.17) is 0 Å². The summed E-state index contributed by atoms with van der Waals surface area (Å²) in [7, 11) is 0. The first-order chi connectivity index (χ1) is 9.13. The van der Waals surface area contributed by atoms with Gasteiger partial charge in [0.05, 0.1) is 12.1 Å². The molecule has 2 rings (SSSR count). The minimum atomic E-state index is -0.0195. The summed E-state index contributed by atoms with van der Waals surface area (Å²) in [6, 6.07) is 10.6. The van der Waals surface area contributed by atoms with Crippen LogP contribution in [0.3, 0.4) is 0 Å². The van der Waals surface area contributed by atoms with Gasteiger partial charge in [-0.2, -0.15) is 0 Å². The van der Waals surface area contributed by atoms with E-state index in [0.29, 0.717) is 5.92 Å². The third kappa shape index (κ3) is 3.16. The van der Waals surface area contributed by atoms with Crippen LogP contribution in [-0.2, 0) is 4.79 Å². The average molecular weight is 260 g/mol. The average Bonchev–Trinajstić information content (AvgIpc) is 2.69. The molecule has 0 radical (unpaired) electrons. The smallest absolute Gasteiger partial charge is 0.240 e. The molecule has 1 amide bonds. The third-order valence-corrected chi connectivity index (χ3v) is 3.61. The predicted molar refractivity (Wildman–Crippen MR) is 77.8 cm³/mol. The molecule has 3 heteroatoms. The second-order valence-electron chi connectivity index (χ2n) is 5.66. The highest BCUT2D eigenvalue weighted by Crippen LogP contribution is 2.33. The summed E-state index contributed by atoms with van der Waals surface area (Å²) in [5, 5.41) is 3.31. The van der Waals surface area contributed by atoms with Gasteiger partial charge in [-0.25, -0.2) is 0 Å². The molecule has 1 aliphatic rings. The molecule has 0 unspecified atom stereocenters. The van der Waals surface area contributed by atoms with E-state index in [-0.39, 0.29) is 18.0 Å². The molecule has 0 aromatic heterocycles. The van der Waals surface area contributed by atoms with Gasteiger partial charge >= 0.3 is 0 Å². The van der Waals surface area contributed by atoms with Gasteiger partial charge in [0.1, 0.15) is 0 Å². The lowest BCUT2D eigenvalue weighted by Crippen LogP contribution is -2.39. The van der Waals surface area contributed by atoms with Gasteiger partial charge in [-0.15, -0.1) is 0 Å². The molecule has 3 nitrogen and oxygen atoms in total. The fourth-order valence-electron chi connectivity index (χ4n) is 2.82. The largest absolute Gasteiger partial charge is 0.334 e. The number of nitrogens with zero attached hydrogens (tertiary/aromatic N) is 1. The highest BCUT2D eigenvalue weighted by Gasteiger charge is 2.39. The molecular formula is C16H24N2O. The molecule has 1 fully saturated rings. The molecule has 104 valence electrons. The van der Waals surface area contributed by atoms with E-state index in [1.54, 1.807) is 0 Å². The standard InChI is InChI=1S/C16H24N2O/c1-4-17-14-10-15(13-8-6-5-7-9-13)18(16(14)19)11-12(2)3/h5-9,12,14-15,17H,4,10-11H2,1-3H3/t14-,15+/m1/s1. The Morgan fingerprint density at radius 1 is 1.32 bits per heavy atom. The molecule has 1 saturated heterocycles. The summed E-state index contributed by atoms with van der Waals surface area (Å²) >= 11 is 0. The van der Waals surface area contributed by atoms with Crippen molar-refractivity contribution in [2.24, 2.45) is 5.92 Å². The summed E-state index contributed by atoms with van der Waals surface area (Å²) in [6.45, 7) is 8.05. The van der Waals surface area contributed by atoms with Crippen molar-refractivity contribution in [1.82, 2.24) is 10.2 Å². The van der Waals surface area contributed by atoms with Gasteiger partial charge in [0.15, 0.2) is 0 Å². The zero-order valence-electron chi connectivity index (χ0n) is 12.1. The van der Waals surface area contributed by atoms with Crippen molar-refractivity contribution in [2.75, 3.05) is 13.1 Å². The van der Waals surface area contributed by atoms with Gasteiger partial charge < -0.3 is 10.2 Å². The number of carbonyl (C=O) groups excluding carboxylic acids is 1. The fourth-order valence-corrected chi connectivity index (χ4v) is 2.82. The Labute approximate surface area is 116 Å². The maximum atomic E-state index is 12.5. The molecule has 1 aliphatic heterocycles. The van der Waals surface area contributed by atoms with E-state index in [2.05, 4.69) is 38.2 Å². The van der Waals surface area contributed by atoms with E-state index < -0.39 is 0 Å². The summed E-state index contributed by atoms with van der Waals surface area (Å²) in [5.41, 5.74) is 1.25. The summed E-state index contributed by atoms with van der Waals surface area (Å²) in [5.74, 6) is 0.750. The van der Waals surface area contributed by atoms with Gasteiger partial charge in [0.25, 0.3) is 0 Å². The first-order valence-corrected chi connectivity index (χ1v) is 7.22. The van der Waals surface area contributed by atoms with Crippen LogP contribution in [0.2, 0.25) is 0 Å². The summed E-state index contributed by atoms with van der Waals surface area (Å²) in [4.78, 5) is 14.5. The lowest BCUT2D eigenvalue weighted by atomic mass is 10.0. The lowest BCUT2D eigenvalue weighted by Gasteiger charge is -2.26. The summed E-state index contributed by atoms with van der Waals surface area (Å²) in [6.07, 6.45) is 0.878. The topological polar surface area (TPSA) is 32.3 Å². The predicted octanol–water partition coefficient (Wildman–Crippen LogP) is 2.59. The minimum Gasteiger partial charge on any atom is -0.334 e. The van der Waals surface area contributed by atoms with E-state index >= 15 is 0 Å². The number of nitrogens with one attached hydrogen (secondary N) is 1. The normalized spacial score (nSPS) is 23.4. The molecule has 0 bridgehead atoms. The number of likely N-dealkylation sites (N-methyl/N-ethyl adjacent to an activating group) is 1. The molecule has 2 atom stereocenters. The Kier molecular flexibility index (Phi) is 4.59. The van der Waals surface area contributed by atoms with Crippen LogP contribution < -0.4 is 5.32 Å². The fraction of sp³-hybridized carbons (Fsp3) is 0.562. The number of hydrogen-bond donors (Lipinski definition) is 1. The Morgan fingerprint density at radius 2 is 2.00 bits per heavy atom. The van der Waals surface area contributed by atoms with Crippen molar-refractivity contribution < 1.29 is 4.79 Å². The van der Waals surface area contributed by atoms with Crippen LogP contribution in [0.1, 0.15) is 38.8 Å². The monoisotopic (exact) mass is 260 g/mol. The minimum absolute atomic E-state index is 0.0195. The number of hydrogen-bond acceptors (Lipinski definition) is 2. The second-order valence-corrected chi connectivity index (χ2v) is 5.66. The van der Waals surface area contributed by atoms with Gasteiger partial charge in [0.2, 0.25) is 5.91 Å². The van der Waals surface area contributed by atoms with E-state index in [1.165, 1.54) is 5.56 Å². The Balaban J connectivity index is 2.22. The first-order valence-electron chi connectivity index (χ1n) is 7.22. The molecule has 0 aliphatic carbocycles. The molecule has 1 aromatic carbocycles. The zero-order valence-corrected chi connectivity index (χ0v) is 12.1. The van der Waals surface area contributed by atoms with Crippen LogP contribution in [0.5, 0.6) is 0 Å². The van der Waals surface area contributed by atoms with Gasteiger partial charge in [-0.1, -0.05) is 51.1 Å². The number of likely N-dealkylation sites (tertiary alicyclic amines) is 1. The number of benzene rings is 1. The molecule has 0 saturated carbocycles. The molecular weight excluding hydrogens is 236 g/mol. The SMILES string of the molecule is CCN[C@@H]1C[C@@H](c2ccccc2)N(CC(C)C)C1=O. The number of amides is 1. The number of rotatable bonds is 5. The quantitative estimate of drug-likeness (QED) is 0.882. The van der Waals surface area contributed by atoms with Crippen LogP contribution in [-0.4, -0.2) is 29.9 Å². The Bertz CT molecular complexity index is 416. The van der Waals surface area contributed by atoms with E-state index in [1.807, 2.05) is 23.1 Å². The van der Waals surface area contributed by atoms with E-state index in [9.17, 15) is 4.79 Å². The van der Waals surface area contributed by atoms with Crippen molar-refractivity contribution in [3.8, 4) is 0 Å². The third-order valence-electron chi connectivity index (χ3n) is 3.61. The van der Waals surface area contributed by atoms with E-state index in [0.717, 1.165) is 19.5 Å². The maximum Gasteiger partial charge on any atom is 0.240 e. The maximum absolute atomic E-state index is 12.5. The molecule has 1 heterocycles. The van der Waals surface area contributed by atoms with Crippen molar-refractivity contribution in [2.45, 2.75) is 39.3 Å². The Morgan fingerprint density at radius 3 is 2.58 bits per heavy atom. The van der Waals surface area contributed by atoms with Gasteiger partial charge in [-0.3, -0.25) is 4.79 Å². The van der Waals surface area contributed by atoms with Crippen molar-refractivity contribution in [3.63, 3.8) is 0 Å². The molecule has 0 spiro atoms. The first kappa shape index (κ1) is 14.1. The molecule has 19 heavy (non-hydrogen) atoms. The lowest BCUT2D eigenvalue weighted by molar-refractivity contribution is -0.131. The highest BCUT2D eigenvalue weighted by molar-refractivity contribution is 5.84. The van der Waals surface area contributed by atoms with Crippen molar-refractivity contribution in [3.05, 3.63) is 35.9 Å². The van der Waals surface area contributed by atoms with Crippen molar-refractivity contribution >= 4 is 5.91 Å². The van der Waals surface area contributed by atoms with Crippen molar-refractivity contribution in [1.29, 1.82) is 0 Å². The zero-order chi connectivity index (χ0) is 13.8. The number of carbonyl (C=O) groups is 1. The second kappa shape index (κ2) is 6.20. The molecule has 1 N–H and O–H groups in total.